The minimum absolute atomic E-state index is 0.776. The standard InChI is InChI=1S/C16H9F7N2/c17-11-10(16(21,22)23)12(18)14(20)15(13(11)19)25-24-8-4-7-9-5-2-1-3-6-9/h1-8,25H/b7-4+,24-8-. The largest absolute Gasteiger partial charge is 0.422 e. The number of allylic oxidation sites excluding steroid dienone is 1. The summed E-state index contributed by atoms with van der Waals surface area (Å²) in [6.07, 6.45) is -1.68. The first-order valence-corrected chi connectivity index (χ1v) is 6.67. The number of nitrogens with zero attached hydrogens (tertiary/aromatic N) is 1. The summed E-state index contributed by atoms with van der Waals surface area (Å²) in [6.45, 7) is 0. The van der Waals surface area contributed by atoms with E-state index in [0.29, 0.717) is 0 Å². The number of hydrogen-bond donors (Lipinski definition) is 1. The van der Waals surface area contributed by atoms with Crippen molar-refractivity contribution in [1.29, 1.82) is 0 Å². The zero-order valence-corrected chi connectivity index (χ0v) is 12.2. The zero-order chi connectivity index (χ0) is 18.6. The van der Waals surface area contributed by atoms with E-state index in [4.69, 9.17) is 0 Å². The molecule has 9 heteroatoms. The molecule has 2 rings (SSSR count). The average molecular weight is 362 g/mol. The Hall–Kier alpha value is -2.84. The predicted octanol–water partition coefficient (Wildman–Crippen LogP) is 5.37. The van der Waals surface area contributed by atoms with Crippen molar-refractivity contribution in [3.63, 3.8) is 0 Å². The van der Waals surface area contributed by atoms with Gasteiger partial charge >= 0.3 is 6.18 Å². The highest BCUT2D eigenvalue weighted by atomic mass is 19.4. The van der Waals surface area contributed by atoms with E-state index in [1.54, 1.807) is 41.8 Å². The van der Waals surface area contributed by atoms with Crippen molar-refractivity contribution in [2.75, 3.05) is 5.43 Å². The second-order valence-electron chi connectivity index (χ2n) is 4.66. The second-order valence-corrected chi connectivity index (χ2v) is 4.66. The van der Waals surface area contributed by atoms with Crippen LogP contribution in [-0.4, -0.2) is 6.21 Å². The number of hydrogen-bond acceptors (Lipinski definition) is 2. The lowest BCUT2D eigenvalue weighted by atomic mass is 10.1. The topological polar surface area (TPSA) is 24.4 Å². The van der Waals surface area contributed by atoms with Crippen LogP contribution in [0.4, 0.5) is 36.4 Å². The summed E-state index contributed by atoms with van der Waals surface area (Å²) in [4.78, 5) is 0. The van der Waals surface area contributed by atoms with E-state index in [-0.39, 0.29) is 0 Å². The first kappa shape index (κ1) is 18.5. The molecule has 0 unspecified atom stereocenters. The quantitative estimate of drug-likeness (QED) is 0.336. The molecular weight excluding hydrogens is 353 g/mol. The Morgan fingerprint density at radius 3 is 1.92 bits per heavy atom. The highest BCUT2D eigenvalue weighted by Crippen LogP contribution is 2.38. The van der Waals surface area contributed by atoms with Gasteiger partial charge in [0.1, 0.15) is 11.3 Å². The Morgan fingerprint density at radius 1 is 0.840 bits per heavy atom. The van der Waals surface area contributed by atoms with Gasteiger partial charge in [0.2, 0.25) is 0 Å². The molecule has 0 aliphatic rings. The summed E-state index contributed by atoms with van der Waals surface area (Å²) >= 11 is 0. The molecule has 132 valence electrons. The van der Waals surface area contributed by atoms with E-state index in [1.807, 2.05) is 0 Å². The molecule has 2 nitrogen and oxygen atoms in total. The molecule has 0 aromatic heterocycles. The summed E-state index contributed by atoms with van der Waals surface area (Å²) in [6, 6.07) is 8.79. The first-order chi connectivity index (χ1) is 11.7. The maximum atomic E-state index is 13.6. The van der Waals surface area contributed by atoms with E-state index in [9.17, 15) is 30.7 Å². The molecule has 0 saturated heterocycles. The number of rotatable bonds is 4. The van der Waals surface area contributed by atoms with Crippen molar-refractivity contribution in [3.05, 3.63) is 70.8 Å². The Kier molecular flexibility index (Phi) is 5.45. The summed E-state index contributed by atoms with van der Waals surface area (Å²) in [5, 5.41) is 3.30. The number of anilines is 1. The van der Waals surface area contributed by atoms with Crippen LogP contribution in [0, 0.1) is 23.3 Å². The van der Waals surface area contributed by atoms with Gasteiger partial charge in [0, 0.05) is 6.21 Å². The molecule has 2 aromatic carbocycles. The van der Waals surface area contributed by atoms with Gasteiger partial charge in [-0.15, -0.1) is 0 Å². The Balaban J connectivity index is 2.23. The van der Waals surface area contributed by atoms with Crippen LogP contribution < -0.4 is 5.43 Å². The van der Waals surface area contributed by atoms with Crippen molar-refractivity contribution in [2.24, 2.45) is 5.10 Å². The fraction of sp³-hybridized carbons (Fsp3) is 0.0625. The van der Waals surface area contributed by atoms with Gasteiger partial charge in [-0.1, -0.05) is 36.4 Å². The third-order valence-corrected chi connectivity index (χ3v) is 2.97. The van der Waals surface area contributed by atoms with Gasteiger partial charge in [-0.2, -0.15) is 18.3 Å². The molecule has 0 radical (unpaired) electrons. The molecule has 0 atom stereocenters. The molecule has 0 heterocycles. The maximum Gasteiger partial charge on any atom is 0.422 e. The van der Waals surface area contributed by atoms with Gasteiger partial charge in [-0.3, -0.25) is 5.43 Å². The average Bonchev–Trinajstić information content (AvgIpc) is 2.55. The minimum Gasteiger partial charge on any atom is -0.272 e. The van der Waals surface area contributed by atoms with E-state index < -0.39 is 40.7 Å². The van der Waals surface area contributed by atoms with Crippen LogP contribution in [0.25, 0.3) is 6.08 Å². The molecule has 25 heavy (non-hydrogen) atoms. The molecule has 2 aromatic rings. The lowest BCUT2D eigenvalue weighted by molar-refractivity contribution is -0.143. The van der Waals surface area contributed by atoms with Gasteiger partial charge in [-0.25, -0.2) is 17.6 Å². The van der Waals surface area contributed by atoms with Gasteiger partial charge in [0.25, 0.3) is 0 Å². The van der Waals surface area contributed by atoms with Crippen LogP contribution in [0.3, 0.4) is 0 Å². The van der Waals surface area contributed by atoms with Crippen LogP contribution in [-0.2, 0) is 6.18 Å². The first-order valence-electron chi connectivity index (χ1n) is 6.67. The fourth-order valence-corrected chi connectivity index (χ4v) is 1.84. The van der Waals surface area contributed by atoms with E-state index >= 15 is 0 Å². The number of hydrazone groups is 1. The SMILES string of the molecule is Fc1c(F)c(C(F)(F)F)c(F)c(F)c1N/N=C\C=C\c1ccccc1. The summed E-state index contributed by atoms with van der Waals surface area (Å²) in [5.74, 6) is -9.56. The summed E-state index contributed by atoms with van der Waals surface area (Å²) in [7, 11) is 0. The Bertz CT molecular complexity index is 782. The molecule has 0 bridgehead atoms. The number of alkyl halides is 3. The maximum absolute atomic E-state index is 13.6. The molecule has 0 saturated carbocycles. The fourth-order valence-electron chi connectivity index (χ4n) is 1.84. The van der Waals surface area contributed by atoms with Crippen molar-refractivity contribution in [1.82, 2.24) is 0 Å². The predicted molar refractivity (Wildman–Crippen MR) is 78.9 cm³/mol. The lowest BCUT2D eigenvalue weighted by Gasteiger charge is -2.13. The van der Waals surface area contributed by atoms with Crippen LogP contribution in [0.2, 0.25) is 0 Å². The molecule has 1 N–H and O–H groups in total. The molecule has 0 aliphatic heterocycles. The molecule has 0 amide bonds. The van der Waals surface area contributed by atoms with Gasteiger partial charge in [-0.05, 0) is 11.6 Å². The molecule has 0 aliphatic carbocycles. The van der Waals surface area contributed by atoms with Crippen molar-refractivity contribution in [2.45, 2.75) is 6.18 Å². The highest BCUT2D eigenvalue weighted by Gasteiger charge is 2.42. The summed E-state index contributed by atoms with van der Waals surface area (Å²) in [5.41, 5.74) is -1.68. The monoisotopic (exact) mass is 362 g/mol. The van der Waals surface area contributed by atoms with Crippen LogP contribution in [0.5, 0.6) is 0 Å². The van der Waals surface area contributed by atoms with Crippen molar-refractivity contribution in [3.8, 4) is 0 Å². The normalized spacial score (nSPS) is 12.3. The van der Waals surface area contributed by atoms with Crippen molar-refractivity contribution >= 4 is 18.0 Å². The third-order valence-electron chi connectivity index (χ3n) is 2.97. The van der Waals surface area contributed by atoms with Crippen LogP contribution in [0.15, 0.2) is 41.5 Å². The minimum atomic E-state index is -5.59. The van der Waals surface area contributed by atoms with E-state index in [2.05, 4.69) is 5.10 Å². The smallest absolute Gasteiger partial charge is 0.272 e. The highest BCUT2D eigenvalue weighted by molar-refractivity contribution is 5.78. The zero-order valence-electron chi connectivity index (χ0n) is 12.2. The molecular formula is C16H9F7N2. The lowest BCUT2D eigenvalue weighted by Crippen LogP contribution is -2.16. The molecule has 0 spiro atoms. The van der Waals surface area contributed by atoms with Crippen LogP contribution >= 0.6 is 0 Å². The third kappa shape index (κ3) is 4.17. The van der Waals surface area contributed by atoms with E-state index in [1.165, 1.54) is 6.08 Å². The number of nitrogens with one attached hydrogen (secondary N) is 1. The van der Waals surface area contributed by atoms with Gasteiger partial charge in [0.15, 0.2) is 23.3 Å². The summed E-state index contributed by atoms with van der Waals surface area (Å²) < 4.78 is 91.2. The van der Waals surface area contributed by atoms with Crippen molar-refractivity contribution < 1.29 is 30.7 Å². The number of benzene rings is 2. The second kappa shape index (κ2) is 7.37. The van der Waals surface area contributed by atoms with Crippen LogP contribution in [0.1, 0.15) is 11.1 Å². The molecule has 0 fully saturated rings. The Labute approximate surface area is 137 Å². The van der Waals surface area contributed by atoms with E-state index in [0.717, 1.165) is 11.8 Å². The van der Waals surface area contributed by atoms with Gasteiger partial charge < -0.3 is 0 Å². The van der Waals surface area contributed by atoms with Gasteiger partial charge in [0.05, 0.1) is 0 Å². The Morgan fingerprint density at radius 2 is 1.40 bits per heavy atom. The number of halogens is 7.